The van der Waals surface area contributed by atoms with Crippen molar-refractivity contribution in [1.29, 1.82) is 0 Å². The normalized spacial score (nSPS) is 15.1. The van der Waals surface area contributed by atoms with Crippen molar-refractivity contribution in [3.8, 4) is 0 Å². The fraction of sp³-hybridized carbons (Fsp3) is 0.333. The van der Waals surface area contributed by atoms with E-state index in [9.17, 15) is 9.70 Å². The minimum absolute atomic E-state index is 0.0105. The van der Waals surface area contributed by atoms with Crippen LogP contribution in [0.4, 0.5) is 11.8 Å². The Labute approximate surface area is 154 Å². The first kappa shape index (κ1) is 17.4. The summed E-state index contributed by atoms with van der Waals surface area (Å²) in [5, 5.41) is 5.45. The number of fused-ring (bicyclic) bond motifs is 1. The standard InChI is InChI=1S/C18H19N5O4/c24-17(15-5-6-16(21-25)27-15)20-18-19-13-3-1-2-4-14(13)23(18)8-7-22-9-11-26-12-10-22/h1-6H,7-12H2,(H,19,20,24). The van der Waals surface area contributed by atoms with Crippen molar-refractivity contribution < 1.29 is 13.9 Å². The van der Waals surface area contributed by atoms with Gasteiger partial charge in [0.25, 0.3) is 11.8 Å². The summed E-state index contributed by atoms with van der Waals surface area (Å²) in [7, 11) is 0. The lowest BCUT2D eigenvalue weighted by molar-refractivity contribution is 0.0366. The molecule has 1 N–H and O–H groups in total. The molecule has 9 nitrogen and oxygen atoms in total. The molecule has 0 unspecified atom stereocenters. The first-order chi connectivity index (χ1) is 13.2. The summed E-state index contributed by atoms with van der Waals surface area (Å²) >= 11 is 0. The zero-order chi connectivity index (χ0) is 18.6. The van der Waals surface area contributed by atoms with Gasteiger partial charge in [-0.1, -0.05) is 12.1 Å². The van der Waals surface area contributed by atoms with Gasteiger partial charge in [-0.2, -0.15) is 0 Å². The second-order valence-electron chi connectivity index (χ2n) is 6.21. The topological polar surface area (TPSA) is 102 Å². The van der Waals surface area contributed by atoms with Gasteiger partial charge in [-0.05, 0) is 18.2 Å². The number of morpholine rings is 1. The van der Waals surface area contributed by atoms with E-state index < -0.39 is 5.91 Å². The van der Waals surface area contributed by atoms with Crippen molar-refractivity contribution in [1.82, 2.24) is 14.5 Å². The number of benzene rings is 1. The first-order valence-corrected chi connectivity index (χ1v) is 8.74. The summed E-state index contributed by atoms with van der Waals surface area (Å²) in [4.78, 5) is 29.8. The zero-order valence-electron chi connectivity index (χ0n) is 14.6. The third-order valence-corrected chi connectivity index (χ3v) is 4.53. The molecule has 1 fully saturated rings. The number of hydrogen-bond donors (Lipinski definition) is 1. The van der Waals surface area contributed by atoms with E-state index >= 15 is 0 Å². The maximum Gasteiger partial charge on any atom is 0.293 e. The number of imidazole rings is 1. The fourth-order valence-corrected chi connectivity index (χ4v) is 3.13. The Morgan fingerprint density at radius 1 is 1.15 bits per heavy atom. The van der Waals surface area contributed by atoms with Gasteiger partial charge in [-0.15, -0.1) is 4.91 Å². The number of hydrogen-bond acceptors (Lipinski definition) is 7. The van der Waals surface area contributed by atoms with Crippen LogP contribution in [0.25, 0.3) is 11.0 Å². The van der Waals surface area contributed by atoms with Crippen molar-refractivity contribution in [2.24, 2.45) is 5.18 Å². The highest BCUT2D eigenvalue weighted by molar-refractivity contribution is 6.02. The summed E-state index contributed by atoms with van der Waals surface area (Å²) in [5.41, 5.74) is 1.74. The zero-order valence-corrected chi connectivity index (χ0v) is 14.6. The van der Waals surface area contributed by atoms with E-state index in [0.29, 0.717) is 12.5 Å². The Morgan fingerprint density at radius 2 is 1.96 bits per heavy atom. The Kier molecular flexibility index (Phi) is 4.95. The average Bonchev–Trinajstić information content (AvgIpc) is 3.32. The molecule has 27 heavy (non-hydrogen) atoms. The molecule has 140 valence electrons. The lowest BCUT2D eigenvalue weighted by atomic mass is 10.3. The molecule has 3 heterocycles. The van der Waals surface area contributed by atoms with Crippen molar-refractivity contribution in [2.75, 3.05) is 38.2 Å². The van der Waals surface area contributed by atoms with Crippen molar-refractivity contribution in [3.63, 3.8) is 0 Å². The third kappa shape index (κ3) is 3.74. The molecule has 1 saturated heterocycles. The van der Waals surface area contributed by atoms with Crippen LogP contribution in [0.15, 0.2) is 46.0 Å². The van der Waals surface area contributed by atoms with Gasteiger partial charge < -0.3 is 13.7 Å². The van der Waals surface area contributed by atoms with Gasteiger partial charge in [0.1, 0.15) is 0 Å². The quantitative estimate of drug-likeness (QED) is 0.670. The molecule has 0 bridgehead atoms. The summed E-state index contributed by atoms with van der Waals surface area (Å²) in [6.07, 6.45) is 0. The van der Waals surface area contributed by atoms with Crippen LogP contribution in [0.1, 0.15) is 10.6 Å². The predicted molar refractivity (Wildman–Crippen MR) is 99.1 cm³/mol. The number of nitroso groups, excluding NO2 is 1. The highest BCUT2D eigenvalue weighted by Gasteiger charge is 2.18. The van der Waals surface area contributed by atoms with Crippen LogP contribution in [0.3, 0.4) is 0 Å². The van der Waals surface area contributed by atoms with E-state index in [1.54, 1.807) is 0 Å². The Bertz CT molecular complexity index is 958. The van der Waals surface area contributed by atoms with E-state index in [-0.39, 0.29) is 11.6 Å². The maximum absolute atomic E-state index is 12.4. The van der Waals surface area contributed by atoms with Gasteiger partial charge in [-0.3, -0.25) is 15.0 Å². The summed E-state index contributed by atoms with van der Waals surface area (Å²) in [5.74, 6) is -0.170. The van der Waals surface area contributed by atoms with Crippen LogP contribution in [0.2, 0.25) is 0 Å². The number of amides is 1. The van der Waals surface area contributed by atoms with Crippen LogP contribution in [0, 0.1) is 4.91 Å². The molecular weight excluding hydrogens is 350 g/mol. The number of carbonyl (C=O) groups is 1. The van der Waals surface area contributed by atoms with Gasteiger partial charge in [0.2, 0.25) is 5.95 Å². The van der Waals surface area contributed by atoms with E-state index in [4.69, 9.17) is 9.15 Å². The molecule has 0 atom stereocenters. The number of anilines is 1. The minimum Gasteiger partial charge on any atom is -0.430 e. The molecular formula is C18H19N5O4. The second kappa shape index (κ2) is 7.68. The Morgan fingerprint density at radius 3 is 2.74 bits per heavy atom. The number of nitrogens with zero attached hydrogens (tertiary/aromatic N) is 4. The molecule has 0 radical (unpaired) electrons. The average molecular weight is 369 g/mol. The molecule has 1 amide bonds. The molecule has 1 aliphatic heterocycles. The van der Waals surface area contributed by atoms with E-state index in [1.165, 1.54) is 12.1 Å². The molecule has 0 aliphatic carbocycles. The van der Waals surface area contributed by atoms with E-state index in [0.717, 1.165) is 43.9 Å². The van der Waals surface area contributed by atoms with Gasteiger partial charge in [0.05, 0.1) is 24.2 Å². The maximum atomic E-state index is 12.4. The van der Waals surface area contributed by atoms with Gasteiger partial charge in [0.15, 0.2) is 5.76 Å². The largest absolute Gasteiger partial charge is 0.430 e. The summed E-state index contributed by atoms with van der Waals surface area (Å²) in [6.45, 7) is 4.76. The fourth-order valence-electron chi connectivity index (χ4n) is 3.13. The van der Waals surface area contributed by atoms with Crippen LogP contribution in [-0.2, 0) is 11.3 Å². The number of para-hydroxylation sites is 2. The smallest absolute Gasteiger partial charge is 0.293 e. The first-order valence-electron chi connectivity index (χ1n) is 8.74. The summed E-state index contributed by atoms with van der Waals surface area (Å²) < 4.78 is 12.4. The van der Waals surface area contributed by atoms with Crippen molar-refractivity contribution in [3.05, 3.63) is 47.1 Å². The minimum atomic E-state index is -0.479. The molecule has 1 aliphatic rings. The van der Waals surface area contributed by atoms with Crippen LogP contribution in [0.5, 0.6) is 0 Å². The molecule has 0 saturated carbocycles. The lowest BCUT2D eigenvalue weighted by Gasteiger charge is -2.26. The highest BCUT2D eigenvalue weighted by Crippen LogP contribution is 2.22. The number of carbonyl (C=O) groups excluding carboxylic acids is 1. The van der Waals surface area contributed by atoms with Crippen LogP contribution in [-0.4, -0.2) is 53.2 Å². The summed E-state index contributed by atoms with van der Waals surface area (Å²) in [6, 6.07) is 10.5. The molecule has 3 aromatic rings. The van der Waals surface area contributed by atoms with Crippen LogP contribution < -0.4 is 5.32 Å². The Hall–Kier alpha value is -3.04. The predicted octanol–water partition coefficient (Wildman–Crippen LogP) is 2.61. The molecule has 4 rings (SSSR count). The van der Waals surface area contributed by atoms with E-state index in [1.807, 2.05) is 28.8 Å². The molecule has 0 spiro atoms. The molecule has 2 aromatic heterocycles. The number of ether oxygens (including phenoxy) is 1. The van der Waals surface area contributed by atoms with Gasteiger partial charge >= 0.3 is 0 Å². The monoisotopic (exact) mass is 369 g/mol. The van der Waals surface area contributed by atoms with E-state index in [2.05, 4.69) is 20.4 Å². The van der Waals surface area contributed by atoms with Crippen LogP contribution >= 0.6 is 0 Å². The highest BCUT2D eigenvalue weighted by atomic mass is 16.5. The third-order valence-electron chi connectivity index (χ3n) is 4.53. The molecule has 9 heteroatoms. The second-order valence-corrected chi connectivity index (χ2v) is 6.21. The van der Waals surface area contributed by atoms with Crippen molar-refractivity contribution in [2.45, 2.75) is 6.54 Å². The van der Waals surface area contributed by atoms with Gasteiger partial charge in [0, 0.05) is 37.4 Å². The lowest BCUT2D eigenvalue weighted by Crippen LogP contribution is -2.38. The molecule has 1 aromatic carbocycles. The number of nitrogens with one attached hydrogen (secondary N) is 1. The number of furan rings is 1. The van der Waals surface area contributed by atoms with Gasteiger partial charge in [-0.25, -0.2) is 4.98 Å². The van der Waals surface area contributed by atoms with Crippen molar-refractivity contribution >= 4 is 28.8 Å². The number of rotatable bonds is 6. The SMILES string of the molecule is O=Nc1ccc(C(=O)Nc2nc3ccccc3n2CCN2CCOCC2)o1. The number of aromatic nitrogens is 2. The Balaban J connectivity index is 1.57.